The van der Waals surface area contributed by atoms with E-state index in [2.05, 4.69) is 21.6 Å². The molecule has 4 heteroatoms. The molecule has 0 saturated carbocycles. The van der Waals surface area contributed by atoms with Gasteiger partial charge in [0.2, 0.25) is 0 Å². The molecule has 2 fully saturated rings. The highest BCUT2D eigenvalue weighted by atomic mass is 32.2. The van der Waals surface area contributed by atoms with Crippen molar-refractivity contribution in [2.45, 2.75) is 6.42 Å². The molecule has 0 aliphatic carbocycles. The van der Waals surface area contributed by atoms with Crippen LogP contribution in [0.15, 0.2) is 0 Å². The Morgan fingerprint density at radius 3 is 2.47 bits per heavy atom. The Balaban J connectivity index is 1.61. The molecule has 2 N–H and O–H groups in total. The molecule has 2 saturated heterocycles. The minimum atomic E-state index is 0.766. The van der Waals surface area contributed by atoms with Crippen LogP contribution in [0.25, 0.3) is 0 Å². The van der Waals surface area contributed by atoms with Crippen molar-refractivity contribution in [3.8, 4) is 0 Å². The van der Waals surface area contributed by atoms with Gasteiger partial charge < -0.3 is 15.5 Å². The summed E-state index contributed by atoms with van der Waals surface area (Å²) in [6.07, 6.45) is 1.31. The van der Waals surface area contributed by atoms with Gasteiger partial charge in [0.05, 0.1) is 0 Å². The van der Waals surface area contributed by atoms with Crippen molar-refractivity contribution in [1.29, 1.82) is 0 Å². The fourth-order valence-electron chi connectivity index (χ4n) is 2.42. The Hall–Kier alpha value is 0.230. The number of hydrogen-bond acceptors (Lipinski definition) is 4. The standard InChI is InChI=1S/C11H23N3S/c12-9-11-1-2-14(10-11)4-3-13-5-7-15-8-6-13/h11H,1-10,12H2. The molecule has 0 aromatic rings. The summed E-state index contributed by atoms with van der Waals surface area (Å²) in [4.78, 5) is 5.19. The fourth-order valence-corrected chi connectivity index (χ4v) is 3.39. The van der Waals surface area contributed by atoms with Crippen LogP contribution in [-0.4, -0.2) is 67.1 Å². The lowest BCUT2D eigenvalue weighted by Crippen LogP contribution is -2.39. The van der Waals surface area contributed by atoms with Crippen molar-refractivity contribution >= 4 is 11.8 Å². The molecule has 2 aliphatic heterocycles. The monoisotopic (exact) mass is 229 g/mol. The normalized spacial score (nSPS) is 29.8. The third-order valence-corrected chi connectivity index (χ3v) is 4.48. The zero-order valence-electron chi connectivity index (χ0n) is 9.53. The highest BCUT2D eigenvalue weighted by molar-refractivity contribution is 7.99. The molecule has 0 spiro atoms. The summed E-state index contributed by atoms with van der Waals surface area (Å²) in [6, 6.07) is 0. The van der Waals surface area contributed by atoms with E-state index in [4.69, 9.17) is 5.73 Å². The minimum Gasteiger partial charge on any atom is -0.330 e. The summed E-state index contributed by atoms with van der Waals surface area (Å²) in [5.74, 6) is 3.42. The van der Waals surface area contributed by atoms with E-state index >= 15 is 0 Å². The number of nitrogens with two attached hydrogens (primary N) is 1. The van der Waals surface area contributed by atoms with E-state index < -0.39 is 0 Å². The highest BCUT2D eigenvalue weighted by Crippen LogP contribution is 2.15. The molecule has 0 amide bonds. The lowest BCUT2D eigenvalue weighted by Gasteiger charge is -2.28. The van der Waals surface area contributed by atoms with Crippen LogP contribution < -0.4 is 5.73 Å². The first-order valence-electron chi connectivity index (χ1n) is 6.11. The van der Waals surface area contributed by atoms with Crippen LogP contribution in [0.1, 0.15) is 6.42 Å². The lowest BCUT2D eigenvalue weighted by molar-refractivity contribution is 0.236. The zero-order valence-corrected chi connectivity index (χ0v) is 10.3. The molecule has 0 aromatic heterocycles. The van der Waals surface area contributed by atoms with Crippen LogP contribution in [0, 0.1) is 5.92 Å². The molecule has 3 nitrogen and oxygen atoms in total. The number of nitrogens with zero attached hydrogens (tertiary/aromatic N) is 2. The molecule has 2 heterocycles. The number of thioether (sulfide) groups is 1. The van der Waals surface area contributed by atoms with E-state index in [0.717, 1.165) is 12.5 Å². The second-order valence-corrected chi connectivity index (χ2v) is 5.87. The molecule has 88 valence electrons. The van der Waals surface area contributed by atoms with Gasteiger partial charge in [0.25, 0.3) is 0 Å². The Morgan fingerprint density at radius 2 is 1.80 bits per heavy atom. The molecule has 15 heavy (non-hydrogen) atoms. The van der Waals surface area contributed by atoms with Gasteiger partial charge in [-0.3, -0.25) is 0 Å². The van der Waals surface area contributed by atoms with E-state index in [1.54, 1.807) is 0 Å². The molecular formula is C11H23N3S. The maximum Gasteiger partial charge on any atom is 0.0110 e. The minimum absolute atomic E-state index is 0.766. The SMILES string of the molecule is NCC1CCN(CCN2CCSCC2)C1. The molecule has 0 bridgehead atoms. The molecule has 2 rings (SSSR count). The Labute approximate surface area is 97.4 Å². The second kappa shape index (κ2) is 6.09. The van der Waals surface area contributed by atoms with Crippen molar-refractivity contribution in [3.63, 3.8) is 0 Å². The van der Waals surface area contributed by atoms with Crippen LogP contribution in [-0.2, 0) is 0 Å². The van der Waals surface area contributed by atoms with Gasteiger partial charge in [0.1, 0.15) is 0 Å². The molecular weight excluding hydrogens is 206 g/mol. The molecule has 0 aromatic carbocycles. The number of hydrogen-bond donors (Lipinski definition) is 1. The largest absolute Gasteiger partial charge is 0.330 e. The summed E-state index contributed by atoms with van der Waals surface area (Å²) in [7, 11) is 0. The Bertz CT molecular complexity index is 183. The van der Waals surface area contributed by atoms with Gasteiger partial charge in [0.15, 0.2) is 0 Å². The summed E-state index contributed by atoms with van der Waals surface area (Å²) in [5, 5.41) is 0. The quantitative estimate of drug-likeness (QED) is 0.752. The molecule has 0 radical (unpaired) electrons. The topological polar surface area (TPSA) is 32.5 Å². The first-order valence-corrected chi connectivity index (χ1v) is 7.26. The summed E-state index contributed by atoms with van der Waals surface area (Å²) in [5.41, 5.74) is 5.70. The fraction of sp³-hybridized carbons (Fsp3) is 1.00. The van der Waals surface area contributed by atoms with Gasteiger partial charge in [-0.25, -0.2) is 0 Å². The summed E-state index contributed by atoms with van der Waals surface area (Å²) < 4.78 is 0. The van der Waals surface area contributed by atoms with Crippen LogP contribution >= 0.6 is 11.8 Å². The second-order valence-electron chi connectivity index (χ2n) is 4.65. The van der Waals surface area contributed by atoms with Gasteiger partial charge in [-0.15, -0.1) is 0 Å². The first kappa shape index (κ1) is 11.7. The predicted molar refractivity (Wildman–Crippen MR) is 67.4 cm³/mol. The Kier molecular flexibility index (Phi) is 4.75. The zero-order chi connectivity index (χ0) is 10.5. The van der Waals surface area contributed by atoms with E-state index in [0.29, 0.717) is 0 Å². The van der Waals surface area contributed by atoms with Crippen molar-refractivity contribution in [1.82, 2.24) is 9.80 Å². The van der Waals surface area contributed by atoms with Crippen LogP contribution in [0.2, 0.25) is 0 Å². The van der Waals surface area contributed by atoms with Gasteiger partial charge >= 0.3 is 0 Å². The molecule has 2 aliphatic rings. The van der Waals surface area contributed by atoms with E-state index in [1.165, 1.54) is 57.2 Å². The first-order chi connectivity index (χ1) is 7.38. The van der Waals surface area contributed by atoms with Crippen LogP contribution in [0.3, 0.4) is 0 Å². The van der Waals surface area contributed by atoms with Crippen molar-refractivity contribution in [2.24, 2.45) is 11.7 Å². The third-order valence-electron chi connectivity index (χ3n) is 3.54. The highest BCUT2D eigenvalue weighted by Gasteiger charge is 2.21. The van der Waals surface area contributed by atoms with Crippen molar-refractivity contribution in [2.75, 3.05) is 57.3 Å². The smallest absolute Gasteiger partial charge is 0.0110 e. The van der Waals surface area contributed by atoms with Crippen molar-refractivity contribution in [3.05, 3.63) is 0 Å². The molecule has 1 unspecified atom stereocenters. The van der Waals surface area contributed by atoms with Crippen LogP contribution in [0.4, 0.5) is 0 Å². The average Bonchev–Trinajstić information content (AvgIpc) is 2.76. The third kappa shape index (κ3) is 3.63. The number of likely N-dealkylation sites (tertiary alicyclic amines) is 1. The van der Waals surface area contributed by atoms with Crippen molar-refractivity contribution < 1.29 is 0 Å². The summed E-state index contributed by atoms with van der Waals surface area (Å²) >= 11 is 2.09. The average molecular weight is 229 g/mol. The van der Waals surface area contributed by atoms with Gasteiger partial charge in [-0.2, -0.15) is 11.8 Å². The van der Waals surface area contributed by atoms with Crippen LogP contribution in [0.5, 0.6) is 0 Å². The van der Waals surface area contributed by atoms with Gasteiger partial charge in [0, 0.05) is 44.2 Å². The number of rotatable bonds is 4. The predicted octanol–water partition coefficient (Wildman–Crippen LogP) is 0.316. The summed E-state index contributed by atoms with van der Waals surface area (Å²) in [6.45, 7) is 8.47. The lowest BCUT2D eigenvalue weighted by atomic mass is 10.1. The molecule has 1 atom stereocenters. The maximum atomic E-state index is 5.70. The van der Waals surface area contributed by atoms with E-state index in [-0.39, 0.29) is 0 Å². The van der Waals surface area contributed by atoms with Gasteiger partial charge in [-0.05, 0) is 25.4 Å². The van der Waals surface area contributed by atoms with E-state index in [9.17, 15) is 0 Å². The van der Waals surface area contributed by atoms with E-state index in [1.807, 2.05) is 0 Å². The maximum absolute atomic E-state index is 5.70. The van der Waals surface area contributed by atoms with Gasteiger partial charge in [-0.1, -0.05) is 0 Å². The Morgan fingerprint density at radius 1 is 1.07 bits per heavy atom.